The molecule has 2 aromatic heterocycles. The summed E-state index contributed by atoms with van der Waals surface area (Å²) in [7, 11) is -1.99. The lowest BCUT2D eigenvalue weighted by atomic mass is 10.2. The standard InChI is InChI=1S/C20H20N4O4S2/c1-12(18-9-13-5-3-4-6-17(13)28-18)22-19(25)11-29-20-23-15-10-14(30(21,26)27)7-8-16(15)24(20)2/h3-10,12H,11H2,1-2H3,(H,22,25)(H2,21,26,27). The summed E-state index contributed by atoms with van der Waals surface area (Å²) >= 11 is 1.26. The molecule has 2 heterocycles. The largest absolute Gasteiger partial charge is 0.459 e. The van der Waals surface area contributed by atoms with Gasteiger partial charge in [-0.05, 0) is 37.3 Å². The maximum Gasteiger partial charge on any atom is 0.238 e. The highest BCUT2D eigenvalue weighted by molar-refractivity contribution is 7.99. The molecule has 0 aliphatic carbocycles. The van der Waals surface area contributed by atoms with E-state index in [1.807, 2.05) is 48.9 Å². The topological polar surface area (TPSA) is 120 Å². The molecule has 0 bridgehead atoms. The van der Waals surface area contributed by atoms with Gasteiger partial charge in [0, 0.05) is 12.4 Å². The number of aryl methyl sites for hydroxylation is 1. The second-order valence-electron chi connectivity index (χ2n) is 6.91. The monoisotopic (exact) mass is 444 g/mol. The lowest BCUT2D eigenvalue weighted by molar-refractivity contribution is -0.119. The van der Waals surface area contributed by atoms with Gasteiger partial charge in [-0.2, -0.15) is 0 Å². The van der Waals surface area contributed by atoms with Crippen LogP contribution in [0.1, 0.15) is 18.7 Å². The van der Waals surface area contributed by atoms with Crippen LogP contribution in [0, 0.1) is 0 Å². The maximum atomic E-state index is 12.4. The second-order valence-corrected chi connectivity index (χ2v) is 9.42. The lowest BCUT2D eigenvalue weighted by Crippen LogP contribution is -2.28. The van der Waals surface area contributed by atoms with E-state index in [-0.39, 0.29) is 22.6 Å². The molecule has 0 saturated carbocycles. The molecule has 2 aromatic carbocycles. The fraction of sp³-hybridized carbons (Fsp3) is 0.200. The zero-order valence-electron chi connectivity index (χ0n) is 16.3. The summed E-state index contributed by atoms with van der Waals surface area (Å²) in [6.45, 7) is 1.87. The lowest BCUT2D eigenvalue weighted by Gasteiger charge is -2.11. The van der Waals surface area contributed by atoms with Crippen molar-refractivity contribution in [3.05, 3.63) is 54.3 Å². The summed E-state index contributed by atoms with van der Waals surface area (Å²) in [5.74, 6) is 0.682. The van der Waals surface area contributed by atoms with Gasteiger partial charge in [-0.15, -0.1) is 0 Å². The predicted molar refractivity (Wildman–Crippen MR) is 116 cm³/mol. The maximum absolute atomic E-state index is 12.4. The molecule has 0 saturated heterocycles. The summed E-state index contributed by atoms with van der Waals surface area (Å²) in [5.41, 5.74) is 2.03. The van der Waals surface area contributed by atoms with Gasteiger partial charge in [0.1, 0.15) is 11.3 Å². The number of nitrogens with zero attached hydrogens (tertiary/aromatic N) is 2. The first-order valence-corrected chi connectivity index (χ1v) is 11.7. The Morgan fingerprint density at radius 1 is 1.27 bits per heavy atom. The summed E-state index contributed by atoms with van der Waals surface area (Å²) in [4.78, 5) is 16.9. The van der Waals surface area contributed by atoms with Gasteiger partial charge < -0.3 is 14.3 Å². The smallest absolute Gasteiger partial charge is 0.238 e. The number of furan rings is 1. The highest BCUT2D eigenvalue weighted by Gasteiger charge is 2.17. The average Bonchev–Trinajstić information content (AvgIpc) is 3.27. The number of benzene rings is 2. The Labute approximate surface area is 177 Å². The second kappa shape index (κ2) is 7.78. The highest BCUT2D eigenvalue weighted by Crippen LogP contribution is 2.26. The van der Waals surface area contributed by atoms with E-state index >= 15 is 0 Å². The predicted octanol–water partition coefficient (Wildman–Crippen LogP) is 2.94. The minimum Gasteiger partial charge on any atom is -0.459 e. The molecule has 0 fully saturated rings. The van der Waals surface area contributed by atoms with Crippen molar-refractivity contribution >= 4 is 49.7 Å². The summed E-state index contributed by atoms with van der Waals surface area (Å²) in [6, 6.07) is 13.8. The van der Waals surface area contributed by atoms with E-state index in [9.17, 15) is 13.2 Å². The van der Waals surface area contributed by atoms with E-state index in [0.29, 0.717) is 16.4 Å². The molecule has 1 atom stereocenters. The van der Waals surface area contributed by atoms with Crippen LogP contribution in [0.15, 0.2) is 63.0 Å². The van der Waals surface area contributed by atoms with Crippen LogP contribution in [0.25, 0.3) is 22.0 Å². The molecule has 1 amide bonds. The number of aromatic nitrogens is 2. The Balaban J connectivity index is 1.44. The number of sulfonamides is 1. The highest BCUT2D eigenvalue weighted by atomic mass is 32.2. The number of nitrogens with two attached hydrogens (primary N) is 1. The van der Waals surface area contributed by atoms with Crippen LogP contribution in [-0.2, 0) is 21.9 Å². The molecule has 8 nitrogen and oxygen atoms in total. The quantitative estimate of drug-likeness (QED) is 0.441. The number of nitrogens with one attached hydrogen (secondary N) is 1. The molecular formula is C20H20N4O4S2. The zero-order chi connectivity index (χ0) is 21.5. The van der Waals surface area contributed by atoms with Crippen molar-refractivity contribution in [2.24, 2.45) is 12.2 Å². The minimum atomic E-state index is -3.80. The van der Waals surface area contributed by atoms with Gasteiger partial charge in [0.2, 0.25) is 15.9 Å². The van der Waals surface area contributed by atoms with Crippen molar-refractivity contribution in [2.75, 3.05) is 5.75 Å². The Bertz CT molecular complexity index is 1320. The summed E-state index contributed by atoms with van der Waals surface area (Å²) in [5, 5.41) is 9.69. The molecule has 4 aromatic rings. The fourth-order valence-electron chi connectivity index (χ4n) is 3.16. The summed E-state index contributed by atoms with van der Waals surface area (Å²) in [6.07, 6.45) is 0. The molecule has 0 radical (unpaired) electrons. The molecule has 0 aliphatic rings. The number of amides is 1. The molecule has 10 heteroatoms. The number of thioether (sulfide) groups is 1. The van der Waals surface area contributed by atoms with Crippen molar-refractivity contribution in [3.63, 3.8) is 0 Å². The van der Waals surface area contributed by atoms with Gasteiger partial charge in [0.05, 0.1) is 27.7 Å². The number of hydrogen-bond acceptors (Lipinski definition) is 6. The van der Waals surface area contributed by atoms with Crippen molar-refractivity contribution in [1.29, 1.82) is 0 Å². The van der Waals surface area contributed by atoms with Gasteiger partial charge in [0.25, 0.3) is 0 Å². The van der Waals surface area contributed by atoms with E-state index < -0.39 is 10.0 Å². The molecule has 30 heavy (non-hydrogen) atoms. The first-order chi connectivity index (χ1) is 14.2. The first kappa shape index (κ1) is 20.5. The normalized spacial score (nSPS) is 13.0. The van der Waals surface area contributed by atoms with Crippen LogP contribution in [0.4, 0.5) is 0 Å². The number of fused-ring (bicyclic) bond motifs is 2. The molecule has 3 N–H and O–H groups in total. The number of hydrogen-bond donors (Lipinski definition) is 2. The third-order valence-corrected chi connectivity index (χ3v) is 6.66. The molecule has 1 unspecified atom stereocenters. The molecule has 4 rings (SSSR count). The Morgan fingerprint density at radius 2 is 2.03 bits per heavy atom. The van der Waals surface area contributed by atoms with Gasteiger partial charge >= 0.3 is 0 Å². The number of imidazole rings is 1. The Morgan fingerprint density at radius 3 is 2.77 bits per heavy atom. The van der Waals surface area contributed by atoms with Crippen molar-refractivity contribution in [1.82, 2.24) is 14.9 Å². The van der Waals surface area contributed by atoms with Crippen LogP contribution in [0.2, 0.25) is 0 Å². The van der Waals surface area contributed by atoms with E-state index in [0.717, 1.165) is 16.5 Å². The van der Waals surface area contributed by atoms with Crippen molar-refractivity contribution < 1.29 is 17.6 Å². The fourth-order valence-corrected chi connectivity index (χ4v) is 4.50. The van der Waals surface area contributed by atoms with Crippen LogP contribution >= 0.6 is 11.8 Å². The van der Waals surface area contributed by atoms with Crippen LogP contribution in [-0.4, -0.2) is 29.6 Å². The van der Waals surface area contributed by atoms with E-state index in [2.05, 4.69) is 10.3 Å². The Hall–Kier alpha value is -2.82. The Kier molecular flexibility index (Phi) is 5.31. The van der Waals surface area contributed by atoms with E-state index in [1.165, 1.54) is 23.9 Å². The van der Waals surface area contributed by atoms with Crippen molar-refractivity contribution in [2.45, 2.75) is 23.0 Å². The van der Waals surface area contributed by atoms with E-state index in [4.69, 9.17) is 9.56 Å². The van der Waals surface area contributed by atoms with Crippen LogP contribution in [0.5, 0.6) is 0 Å². The average molecular weight is 445 g/mol. The number of primary sulfonamides is 1. The van der Waals surface area contributed by atoms with Gasteiger partial charge in [-0.1, -0.05) is 30.0 Å². The minimum absolute atomic E-state index is 0.00190. The van der Waals surface area contributed by atoms with Crippen LogP contribution < -0.4 is 10.5 Å². The summed E-state index contributed by atoms with van der Waals surface area (Å²) < 4.78 is 30.7. The zero-order valence-corrected chi connectivity index (χ0v) is 18.0. The molecule has 0 spiro atoms. The number of carbonyl (C=O) groups is 1. The molecule has 156 valence electrons. The number of rotatable bonds is 6. The number of carbonyl (C=O) groups excluding carboxylic acids is 1. The van der Waals surface area contributed by atoms with Gasteiger partial charge in [-0.3, -0.25) is 4.79 Å². The molecule has 0 aliphatic heterocycles. The third-order valence-electron chi connectivity index (χ3n) is 4.72. The van der Waals surface area contributed by atoms with Crippen molar-refractivity contribution in [3.8, 4) is 0 Å². The van der Waals surface area contributed by atoms with Gasteiger partial charge in [-0.25, -0.2) is 18.5 Å². The van der Waals surface area contributed by atoms with E-state index in [1.54, 1.807) is 6.07 Å². The molecular weight excluding hydrogens is 424 g/mol. The third kappa shape index (κ3) is 4.07. The number of para-hydroxylation sites is 1. The van der Waals surface area contributed by atoms with Crippen LogP contribution in [0.3, 0.4) is 0 Å². The SMILES string of the molecule is CC(NC(=O)CSc1nc2cc(S(N)(=O)=O)ccc2n1C)c1cc2ccccc2o1. The van der Waals surface area contributed by atoms with Gasteiger partial charge in [0.15, 0.2) is 5.16 Å². The first-order valence-electron chi connectivity index (χ1n) is 9.12.